The van der Waals surface area contributed by atoms with Gasteiger partial charge >= 0.3 is 0 Å². The van der Waals surface area contributed by atoms with Crippen molar-refractivity contribution < 1.29 is 9.80 Å². The van der Waals surface area contributed by atoms with E-state index in [-0.39, 0.29) is 0 Å². The third kappa shape index (κ3) is 4.88. The SMILES string of the molecule is CSc1ccc2c(c1)[C@@H]([NH+]1CC[NH+](C(c3ccccc3)c3ccccc3)CC1)Cc1ccccc1S2. The minimum atomic E-state index is 0.398. The Kier molecular flexibility index (Phi) is 7.20. The number of quaternary nitrogens is 2. The highest BCUT2D eigenvalue weighted by Gasteiger charge is 2.37. The monoisotopic (exact) mass is 510 g/mol. The zero-order valence-electron chi connectivity index (χ0n) is 20.8. The topological polar surface area (TPSA) is 8.88 Å². The Morgan fingerprint density at radius 3 is 2.03 bits per heavy atom. The standard InChI is InChI=1S/C32H32N2S2/c1-35-27-16-17-31-28(23-27)29(22-26-14-8-9-15-30(26)36-31)33-18-20-34(21-19-33)32(24-10-4-2-5-11-24)25-12-6-3-7-13-25/h2-17,23,29,32H,18-22H2,1H3/p+2/t29-/m0/s1. The molecule has 4 aromatic rings. The highest BCUT2D eigenvalue weighted by Crippen LogP contribution is 2.41. The van der Waals surface area contributed by atoms with Gasteiger partial charge in [0.1, 0.15) is 38.3 Å². The van der Waals surface area contributed by atoms with Gasteiger partial charge in [0.15, 0.2) is 0 Å². The predicted molar refractivity (Wildman–Crippen MR) is 151 cm³/mol. The molecule has 0 bridgehead atoms. The molecule has 2 N–H and O–H groups in total. The fourth-order valence-electron chi connectivity index (χ4n) is 6.09. The van der Waals surface area contributed by atoms with Crippen molar-refractivity contribution in [3.05, 3.63) is 125 Å². The van der Waals surface area contributed by atoms with Crippen molar-refractivity contribution in [1.82, 2.24) is 0 Å². The van der Waals surface area contributed by atoms with Gasteiger partial charge in [-0.05, 0) is 36.1 Å². The predicted octanol–water partition coefficient (Wildman–Crippen LogP) is 4.73. The number of thioether (sulfide) groups is 1. The van der Waals surface area contributed by atoms with Crippen LogP contribution in [-0.4, -0.2) is 32.4 Å². The molecule has 4 heteroatoms. The Morgan fingerprint density at radius 1 is 0.722 bits per heavy atom. The minimum Gasteiger partial charge on any atom is -0.319 e. The molecule has 0 amide bonds. The Morgan fingerprint density at radius 2 is 1.36 bits per heavy atom. The van der Waals surface area contributed by atoms with E-state index in [0.29, 0.717) is 12.1 Å². The summed E-state index contributed by atoms with van der Waals surface area (Å²) in [6.07, 6.45) is 3.32. The van der Waals surface area contributed by atoms with Crippen LogP contribution >= 0.6 is 23.5 Å². The largest absolute Gasteiger partial charge is 0.319 e. The first-order chi connectivity index (χ1) is 17.8. The smallest absolute Gasteiger partial charge is 0.139 e. The van der Waals surface area contributed by atoms with E-state index in [1.54, 1.807) is 15.4 Å². The van der Waals surface area contributed by atoms with Crippen LogP contribution in [0.2, 0.25) is 0 Å². The number of hydrogen-bond donors (Lipinski definition) is 2. The Hall–Kier alpha value is -2.50. The van der Waals surface area contributed by atoms with Crippen molar-refractivity contribution in [2.45, 2.75) is 33.2 Å². The second-order valence-electron chi connectivity index (χ2n) is 9.94. The van der Waals surface area contributed by atoms with Crippen LogP contribution in [0.25, 0.3) is 0 Å². The number of benzene rings is 4. The molecule has 1 atom stereocenters. The highest BCUT2D eigenvalue weighted by atomic mass is 32.2. The molecule has 2 nitrogen and oxygen atoms in total. The van der Waals surface area contributed by atoms with Crippen molar-refractivity contribution in [2.24, 2.45) is 0 Å². The molecular weight excluding hydrogens is 477 g/mol. The summed E-state index contributed by atoms with van der Waals surface area (Å²) in [6, 6.07) is 39.3. The van der Waals surface area contributed by atoms with Crippen molar-refractivity contribution >= 4 is 23.5 Å². The maximum absolute atomic E-state index is 2.48. The summed E-state index contributed by atoms with van der Waals surface area (Å²) in [7, 11) is 0. The molecule has 4 aromatic carbocycles. The van der Waals surface area contributed by atoms with E-state index < -0.39 is 0 Å². The summed E-state index contributed by atoms with van der Waals surface area (Å²) in [4.78, 5) is 7.68. The number of fused-ring (bicyclic) bond motifs is 2. The van der Waals surface area contributed by atoms with E-state index in [1.807, 2.05) is 23.5 Å². The molecule has 2 aliphatic rings. The number of rotatable bonds is 5. The van der Waals surface area contributed by atoms with Crippen LogP contribution in [0.5, 0.6) is 0 Å². The Labute approximate surface area is 223 Å². The van der Waals surface area contributed by atoms with Crippen molar-refractivity contribution in [1.29, 1.82) is 0 Å². The van der Waals surface area contributed by atoms with Gasteiger partial charge in [0.2, 0.25) is 0 Å². The molecule has 0 saturated carbocycles. The molecule has 6 rings (SSSR count). The van der Waals surface area contributed by atoms with E-state index in [2.05, 4.69) is 109 Å². The molecule has 0 aromatic heterocycles. The lowest BCUT2D eigenvalue weighted by Gasteiger charge is -2.38. The molecule has 0 unspecified atom stereocenters. The van der Waals surface area contributed by atoms with E-state index in [0.717, 1.165) is 6.42 Å². The van der Waals surface area contributed by atoms with Gasteiger partial charge in [-0.1, -0.05) is 90.6 Å². The summed E-state index contributed by atoms with van der Waals surface area (Å²) < 4.78 is 0. The van der Waals surface area contributed by atoms with Gasteiger partial charge in [-0.25, -0.2) is 0 Å². The summed E-state index contributed by atoms with van der Waals surface area (Å²) in [5.41, 5.74) is 5.90. The number of hydrogen-bond acceptors (Lipinski definition) is 2. The zero-order chi connectivity index (χ0) is 24.3. The lowest BCUT2D eigenvalue weighted by atomic mass is 9.94. The third-order valence-corrected chi connectivity index (χ3v) is 9.85. The van der Waals surface area contributed by atoms with Crippen molar-refractivity contribution in [2.75, 3.05) is 32.4 Å². The fourth-order valence-corrected chi connectivity index (χ4v) is 7.66. The molecule has 2 aliphatic heterocycles. The van der Waals surface area contributed by atoms with E-state index in [4.69, 9.17) is 0 Å². The minimum absolute atomic E-state index is 0.398. The first-order valence-electron chi connectivity index (χ1n) is 13.0. The molecule has 0 radical (unpaired) electrons. The van der Waals surface area contributed by atoms with E-state index in [9.17, 15) is 0 Å². The molecule has 0 spiro atoms. The summed E-state index contributed by atoms with van der Waals surface area (Å²) in [5.74, 6) is 0. The van der Waals surface area contributed by atoms with Crippen LogP contribution in [0.1, 0.15) is 34.3 Å². The quantitative estimate of drug-likeness (QED) is 0.376. The van der Waals surface area contributed by atoms with Gasteiger partial charge in [-0.2, -0.15) is 0 Å². The fraction of sp³-hybridized carbons (Fsp3) is 0.250. The van der Waals surface area contributed by atoms with E-state index >= 15 is 0 Å². The lowest BCUT2D eigenvalue weighted by molar-refractivity contribution is -1.04. The molecular formula is C32H34N2S2+2. The summed E-state index contributed by atoms with van der Waals surface area (Å²) in [6.45, 7) is 4.77. The molecule has 36 heavy (non-hydrogen) atoms. The Balaban J connectivity index is 1.29. The Bertz CT molecular complexity index is 1260. The van der Waals surface area contributed by atoms with Crippen LogP contribution in [-0.2, 0) is 6.42 Å². The maximum atomic E-state index is 2.48. The van der Waals surface area contributed by atoms with Gasteiger partial charge in [-0.15, -0.1) is 11.8 Å². The lowest BCUT2D eigenvalue weighted by Crippen LogP contribution is -3.28. The second-order valence-corrected chi connectivity index (χ2v) is 11.9. The third-order valence-electron chi connectivity index (χ3n) is 7.91. The molecule has 1 saturated heterocycles. The van der Waals surface area contributed by atoms with Gasteiger partial charge in [0, 0.05) is 37.8 Å². The number of piperazine rings is 1. The normalized spacial score (nSPS) is 21.4. The van der Waals surface area contributed by atoms with Crippen LogP contribution in [0.4, 0.5) is 0 Å². The molecule has 1 fully saturated rings. The molecule has 2 heterocycles. The van der Waals surface area contributed by atoms with Crippen LogP contribution in [0, 0.1) is 0 Å². The van der Waals surface area contributed by atoms with Crippen LogP contribution < -0.4 is 9.80 Å². The summed E-state index contributed by atoms with van der Waals surface area (Å²) in [5, 5.41) is 0. The van der Waals surface area contributed by atoms with Gasteiger partial charge in [0.25, 0.3) is 0 Å². The van der Waals surface area contributed by atoms with Gasteiger partial charge in [0.05, 0.1) is 0 Å². The van der Waals surface area contributed by atoms with Gasteiger partial charge < -0.3 is 9.80 Å². The van der Waals surface area contributed by atoms with E-state index in [1.165, 1.54) is 57.6 Å². The first-order valence-corrected chi connectivity index (χ1v) is 15.1. The first kappa shape index (κ1) is 23.9. The zero-order valence-corrected chi connectivity index (χ0v) is 22.5. The average Bonchev–Trinajstić information content (AvgIpc) is 3.11. The van der Waals surface area contributed by atoms with Crippen LogP contribution in [0.3, 0.4) is 0 Å². The maximum Gasteiger partial charge on any atom is 0.139 e. The molecule has 182 valence electrons. The summed E-state index contributed by atoms with van der Waals surface area (Å²) >= 11 is 3.82. The average molecular weight is 511 g/mol. The van der Waals surface area contributed by atoms with Crippen molar-refractivity contribution in [3.63, 3.8) is 0 Å². The van der Waals surface area contributed by atoms with Crippen LogP contribution in [0.15, 0.2) is 118 Å². The molecule has 0 aliphatic carbocycles. The highest BCUT2D eigenvalue weighted by molar-refractivity contribution is 7.99. The second kappa shape index (κ2) is 10.9. The van der Waals surface area contributed by atoms with Crippen molar-refractivity contribution in [3.8, 4) is 0 Å². The number of nitrogens with one attached hydrogen (secondary N) is 2. The van der Waals surface area contributed by atoms with Gasteiger partial charge in [-0.3, -0.25) is 0 Å².